The summed E-state index contributed by atoms with van der Waals surface area (Å²) < 4.78 is 27.0. The van der Waals surface area contributed by atoms with Gasteiger partial charge < -0.3 is 15.5 Å². The van der Waals surface area contributed by atoms with E-state index >= 15 is 0 Å². The number of carbonyl (C=O) groups is 1. The average Bonchev–Trinajstić information content (AvgIpc) is 2.81. The van der Waals surface area contributed by atoms with E-state index in [0.717, 1.165) is 5.56 Å². The Labute approximate surface area is 185 Å². The van der Waals surface area contributed by atoms with Crippen molar-refractivity contribution in [1.82, 2.24) is 15.3 Å². The van der Waals surface area contributed by atoms with E-state index in [0.29, 0.717) is 43.4 Å². The van der Waals surface area contributed by atoms with Gasteiger partial charge in [-0.15, -0.1) is 0 Å². The summed E-state index contributed by atoms with van der Waals surface area (Å²) in [5.41, 5.74) is 1.22. The molecule has 1 aromatic heterocycles. The Bertz CT molecular complexity index is 1070. The third-order valence-corrected chi connectivity index (χ3v) is 5.66. The number of nitrogens with one attached hydrogen (secondary N) is 2. The molecule has 0 spiro atoms. The zero-order valence-electron chi connectivity index (χ0n) is 17.8. The summed E-state index contributed by atoms with van der Waals surface area (Å²) in [5.74, 6) is 0.300. The summed E-state index contributed by atoms with van der Waals surface area (Å²) in [7, 11) is 0. The molecule has 2 N–H and O–H groups in total. The van der Waals surface area contributed by atoms with Gasteiger partial charge in [-0.3, -0.25) is 4.79 Å². The number of amides is 1. The van der Waals surface area contributed by atoms with Gasteiger partial charge in [0.1, 0.15) is 17.5 Å². The fourth-order valence-corrected chi connectivity index (χ4v) is 3.78. The molecule has 2 aromatic carbocycles. The van der Waals surface area contributed by atoms with E-state index in [9.17, 15) is 13.6 Å². The van der Waals surface area contributed by atoms with Gasteiger partial charge in [0.2, 0.25) is 11.9 Å². The molecule has 3 aromatic rings. The number of hydrogen-bond donors (Lipinski definition) is 2. The quantitative estimate of drug-likeness (QED) is 0.590. The lowest BCUT2D eigenvalue weighted by Gasteiger charge is -2.32. The number of anilines is 3. The maximum atomic E-state index is 13.9. The van der Waals surface area contributed by atoms with Crippen LogP contribution < -0.4 is 15.5 Å². The SMILES string of the molecule is CC(NC(=O)C1CCN(c2nccc(Nc3ccccc3F)n2)CC1)c1ccc(F)cc1. The highest BCUT2D eigenvalue weighted by Crippen LogP contribution is 2.24. The third-order valence-electron chi connectivity index (χ3n) is 5.66. The molecule has 4 rings (SSSR count). The van der Waals surface area contributed by atoms with Crippen LogP contribution in [0.3, 0.4) is 0 Å². The standard InChI is InChI=1S/C24H25F2N5O/c1-16(17-6-8-19(25)9-7-17)28-23(32)18-11-14-31(15-12-18)24-27-13-10-22(30-24)29-21-5-3-2-4-20(21)26/h2-10,13,16,18H,11-12,14-15H2,1H3,(H,28,32)(H,27,29,30). The van der Waals surface area contributed by atoms with Crippen molar-refractivity contribution in [2.45, 2.75) is 25.8 Å². The molecule has 1 fully saturated rings. The predicted octanol–water partition coefficient (Wildman–Crippen LogP) is 4.59. The van der Waals surface area contributed by atoms with Crippen molar-refractivity contribution in [3.63, 3.8) is 0 Å². The van der Waals surface area contributed by atoms with Gasteiger partial charge in [0.15, 0.2) is 0 Å². The smallest absolute Gasteiger partial charge is 0.227 e. The van der Waals surface area contributed by atoms with Gasteiger partial charge in [-0.1, -0.05) is 24.3 Å². The van der Waals surface area contributed by atoms with E-state index in [1.807, 2.05) is 11.8 Å². The molecule has 8 heteroatoms. The lowest BCUT2D eigenvalue weighted by Crippen LogP contribution is -2.41. The molecule has 1 aliphatic rings. The first-order valence-corrected chi connectivity index (χ1v) is 10.6. The fraction of sp³-hybridized carbons (Fsp3) is 0.292. The minimum atomic E-state index is -0.352. The van der Waals surface area contributed by atoms with Crippen LogP contribution in [0.5, 0.6) is 0 Å². The van der Waals surface area contributed by atoms with Crippen molar-refractivity contribution in [2.24, 2.45) is 5.92 Å². The Morgan fingerprint density at radius 2 is 1.78 bits per heavy atom. The van der Waals surface area contributed by atoms with Crippen LogP contribution in [0.1, 0.15) is 31.4 Å². The number of nitrogens with zero attached hydrogens (tertiary/aromatic N) is 3. The van der Waals surface area contributed by atoms with Crippen LogP contribution in [0.15, 0.2) is 60.8 Å². The average molecular weight is 437 g/mol. The van der Waals surface area contributed by atoms with Gasteiger partial charge in [-0.2, -0.15) is 4.98 Å². The first-order chi connectivity index (χ1) is 15.5. The van der Waals surface area contributed by atoms with Crippen LogP contribution >= 0.6 is 0 Å². The molecule has 1 saturated heterocycles. The molecule has 6 nitrogen and oxygen atoms in total. The number of rotatable bonds is 6. The lowest BCUT2D eigenvalue weighted by molar-refractivity contribution is -0.126. The molecule has 1 atom stereocenters. The molecular formula is C24H25F2N5O. The second-order valence-electron chi connectivity index (χ2n) is 7.89. The number of hydrogen-bond acceptors (Lipinski definition) is 5. The van der Waals surface area contributed by atoms with Crippen LogP contribution in [-0.4, -0.2) is 29.0 Å². The van der Waals surface area contributed by atoms with Crippen LogP contribution in [0, 0.1) is 17.6 Å². The van der Waals surface area contributed by atoms with Gasteiger partial charge in [0.25, 0.3) is 0 Å². The van der Waals surface area contributed by atoms with Gasteiger partial charge in [0.05, 0.1) is 11.7 Å². The Morgan fingerprint density at radius 3 is 2.50 bits per heavy atom. The zero-order chi connectivity index (χ0) is 22.5. The normalized spacial score (nSPS) is 15.3. The van der Waals surface area contributed by atoms with E-state index in [2.05, 4.69) is 20.6 Å². The van der Waals surface area contributed by atoms with Crippen molar-refractivity contribution in [2.75, 3.05) is 23.3 Å². The van der Waals surface area contributed by atoms with E-state index in [4.69, 9.17) is 0 Å². The Morgan fingerprint density at radius 1 is 1.06 bits per heavy atom. The minimum absolute atomic E-state index is 0.00244. The number of piperidine rings is 1. The summed E-state index contributed by atoms with van der Waals surface area (Å²) in [6, 6.07) is 14.1. The molecular weight excluding hydrogens is 412 g/mol. The molecule has 32 heavy (non-hydrogen) atoms. The van der Waals surface area contributed by atoms with E-state index in [1.54, 1.807) is 42.6 Å². The van der Waals surface area contributed by atoms with Crippen LogP contribution in [-0.2, 0) is 4.79 Å². The van der Waals surface area contributed by atoms with Gasteiger partial charge in [-0.25, -0.2) is 13.8 Å². The predicted molar refractivity (Wildman–Crippen MR) is 120 cm³/mol. The number of benzene rings is 2. The number of aromatic nitrogens is 2. The van der Waals surface area contributed by atoms with Crippen LogP contribution in [0.4, 0.5) is 26.2 Å². The van der Waals surface area contributed by atoms with Gasteiger partial charge in [-0.05, 0) is 55.7 Å². The molecule has 2 heterocycles. The maximum absolute atomic E-state index is 13.9. The summed E-state index contributed by atoms with van der Waals surface area (Å²) in [6.45, 7) is 3.18. The minimum Gasteiger partial charge on any atom is -0.349 e. The number of carbonyl (C=O) groups excluding carboxylic acids is 1. The van der Waals surface area contributed by atoms with E-state index in [-0.39, 0.29) is 29.5 Å². The van der Waals surface area contributed by atoms with Crippen LogP contribution in [0.2, 0.25) is 0 Å². The maximum Gasteiger partial charge on any atom is 0.227 e. The molecule has 1 amide bonds. The molecule has 1 unspecified atom stereocenters. The van der Waals surface area contributed by atoms with Crippen molar-refractivity contribution in [3.8, 4) is 0 Å². The first-order valence-electron chi connectivity index (χ1n) is 10.6. The first kappa shape index (κ1) is 21.7. The van der Waals surface area contributed by atoms with E-state index in [1.165, 1.54) is 18.2 Å². The Kier molecular flexibility index (Phi) is 6.58. The molecule has 1 aliphatic heterocycles. The molecule has 0 radical (unpaired) electrons. The second kappa shape index (κ2) is 9.72. The highest BCUT2D eigenvalue weighted by atomic mass is 19.1. The molecule has 0 aliphatic carbocycles. The molecule has 0 bridgehead atoms. The highest BCUT2D eigenvalue weighted by molar-refractivity contribution is 5.79. The highest BCUT2D eigenvalue weighted by Gasteiger charge is 2.27. The summed E-state index contributed by atoms with van der Waals surface area (Å²) in [5, 5.41) is 6.00. The van der Waals surface area contributed by atoms with Crippen molar-refractivity contribution in [3.05, 3.63) is 78.0 Å². The largest absolute Gasteiger partial charge is 0.349 e. The lowest BCUT2D eigenvalue weighted by atomic mass is 9.95. The monoisotopic (exact) mass is 437 g/mol. The van der Waals surface area contributed by atoms with Gasteiger partial charge >= 0.3 is 0 Å². The molecule has 166 valence electrons. The number of para-hydroxylation sites is 1. The second-order valence-corrected chi connectivity index (χ2v) is 7.89. The van der Waals surface area contributed by atoms with Gasteiger partial charge in [0, 0.05) is 25.2 Å². The molecule has 0 saturated carbocycles. The summed E-state index contributed by atoms with van der Waals surface area (Å²) >= 11 is 0. The van der Waals surface area contributed by atoms with Crippen molar-refractivity contribution >= 4 is 23.4 Å². The third kappa shape index (κ3) is 5.19. The van der Waals surface area contributed by atoms with Crippen LogP contribution in [0.25, 0.3) is 0 Å². The van der Waals surface area contributed by atoms with Crippen molar-refractivity contribution in [1.29, 1.82) is 0 Å². The summed E-state index contributed by atoms with van der Waals surface area (Å²) in [6.07, 6.45) is 2.99. The Hall–Kier alpha value is -3.55. The number of halogens is 2. The topological polar surface area (TPSA) is 70.2 Å². The summed E-state index contributed by atoms with van der Waals surface area (Å²) in [4.78, 5) is 23.6. The zero-order valence-corrected chi connectivity index (χ0v) is 17.8. The fourth-order valence-electron chi connectivity index (χ4n) is 3.78. The van der Waals surface area contributed by atoms with E-state index < -0.39 is 0 Å². The Balaban J connectivity index is 1.33. The van der Waals surface area contributed by atoms with Crippen molar-refractivity contribution < 1.29 is 13.6 Å².